The molecule has 1 heterocycles. The Hall–Kier alpha value is -1.32. The van der Waals surface area contributed by atoms with Gasteiger partial charge in [0.15, 0.2) is 0 Å². The van der Waals surface area contributed by atoms with Crippen LogP contribution >= 0.6 is 23.4 Å². The normalized spacial score (nSPS) is 10.5. The van der Waals surface area contributed by atoms with Gasteiger partial charge < -0.3 is 0 Å². The Morgan fingerprint density at radius 1 is 1.25 bits per heavy atom. The van der Waals surface area contributed by atoms with Crippen molar-refractivity contribution >= 4 is 29.1 Å². The molecule has 0 saturated heterocycles. The molecule has 4 heteroatoms. The maximum atomic E-state index is 11.9. The van der Waals surface area contributed by atoms with Gasteiger partial charge >= 0.3 is 0 Å². The monoisotopic (exact) mass is 305 g/mol. The maximum Gasteiger partial charge on any atom is 0.149 e. The molecule has 0 radical (unpaired) electrons. The number of ketones is 1. The predicted octanol–water partition coefficient (Wildman–Crippen LogP) is 4.20. The number of Topliss-reactive ketones (excluding diaryl/α,β-unsaturated/α-hetero) is 1. The summed E-state index contributed by atoms with van der Waals surface area (Å²) >= 11 is 7.53. The highest BCUT2D eigenvalue weighted by Gasteiger charge is 2.07. The highest BCUT2D eigenvalue weighted by Crippen LogP contribution is 2.26. The Kier molecular flexibility index (Phi) is 5.62. The Balaban J connectivity index is 1.87. The molecule has 2 aromatic rings. The Labute approximate surface area is 128 Å². The number of aryl methyl sites for hydroxylation is 1. The summed E-state index contributed by atoms with van der Waals surface area (Å²) in [4.78, 5) is 17.2. The van der Waals surface area contributed by atoms with E-state index in [1.54, 1.807) is 0 Å². The van der Waals surface area contributed by atoms with Crippen LogP contribution in [0.15, 0.2) is 47.5 Å². The molecule has 0 spiro atoms. The van der Waals surface area contributed by atoms with E-state index in [0.29, 0.717) is 17.2 Å². The number of thioether (sulfide) groups is 1. The van der Waals surface area contributed by atoms with Gasteiger partial charge in [-0.05, 0) is 30.2 Å². The highest BCUT2D eigenvalue weighted by molar-refractivity contribution is 8.00. The zero-order chi connectivity index (χ0) is 14.4. The topological polar surface area (TPSA) is 30.0 Å². The molecule has 2 nitrogen and oxygen atoms in total. The quantitative estimate of drug-likeness (QED) is 0.749. The molecule has 0 saturated carbocycles. The summed E-state index contributed by atoms with van der Waals surface area (Å²) in [6, 6.07) is 11.5. The molecule has 1 aromatic carbocycles. The van der Waals surface area contributed by atoms with E-state index in [-0.39, 0.29) is 5.78 Å². The van der Waals surface area contributed by atoms with E-state index in [0.717, 1.165) is 17.0 Å². The molecule has 0 aliphatic carbocycles. The third-order valence-corrected chi connectivity index (χ3v) is 4.47. The number of rotatable bonds is 6. The minimum Gasteiger partial charge on any atom is -0.298 e. The maximum absolute atomic E-state index is 11.9. The van der Waals surface area contributed by atoms with E-state index in [2.05, 4.69) is 11.9 Å². The van der Waals surface area contributed by atoms with E-state index >= 15 is 0 Å². The van der Waals surface area contributed by atoms with Crippen molar-refractivity contribution in [3.63, 3.8) is 0 Å². The van der Waals surface area contributed by atoms with Crippen molar-refractivity contribution in [3.8, 4) is 0 Å². The van der Waals surface area contributed by atoms with Gasteiger partial charge in [0, 0.05) is 23.2 Å². The molecule has 104 valence electrons. The average molecular weight is 306 g/mol. The highest BCUT2D eigenvalue weighted by atomic mass is 35.5. The summed E-state index contributed by atoms with van der Waals surface area (Å²) in [5.74, 6) is 0.577. The minimum absolute atomic E-state index is 0.159. The van der Waals surface area contributed by atoms with Gasteiger partial charge in [0.05, 0.1) is 10.8 Å². The van der Waals surface area contributed by atoms with Gasteiger partial charge in [0.1, 0.15) is 5.78 Å². The van der Waals surface area contributed by atoms with Crippen LogP contribution in [-0.2, 0) is 17.6 Å². The lowest BCUT2D eigenvalue weighted by Crippen LogP contribution is -2.07. The van der Waals surface area contributed by atoms with Gasteiger partial charge in [0.25, 0.3) is 0 Å². The number of benzene rings is 1. The lowest BCUT2D eigenvalue weighted by molar-refractivity contribution is -0.116. The lowest BCUT2D eigenvalue weighted by atomic mass is 10.1. The number of carbonyl (C=O) groups excluding carboxylic acids is 1. The van der Waals surface area contributed by atoms with Gasteiger partial charge in [0.2, 0.25) is 0 Å². The second-order valence-electron chi connectivity index (χ2n) is 4.45. The molecule has 0 bridgehead atoms. The number of aromatic nitrogens is 1. The van der Waals surface area contributed by atoms with Crippen LogP contribution in [0.4, 0.5) is 0 Å². The first-order valence-corrected chi connectivity index (χ1v) is 7.88. The summed E-state index contributed by atoms with van der Waals surface area (Å²) in [6.45, 7) is 2.09. The van der Waals surface area contributed by atoms with Crippen molar-refractivity contribution in [2.75, 3.05) is 5.75 Å². The summed E-state index contributed by atoms with van der Waals surface area (Å²) in [7, 11) is 0. The van der Waals surface area contributed by atoms with E-state index < -0.39 is 0 Å². The van der Waals surface area contributed by atoms with Crippen LogP contribution < -0.4 is 0 Å². The van der Waals surface area contributed by atoms with Gasteiger partial charge in [-0.2, -0.15) is 0 Å². The molecule has 0 amide bonds. The molecular weight excluding hydrogens is 290 g/mol. The molecule has 0 atom stereocenters. The third kappa shape index (κ3) is 4.36. The van der Waals surface area contributed by atoms with E-state index in [9.17, 15) is 4.79 Å². The lowest BCUT2D eigenvalue weighted by Gasteiger charge is -2.04. The van der Waals surface area contributed by atoms with Crippen LogP contribution in [0, 0.1) is 0 Å². The predicted molar refractivity (Wildman–Crippen MR) is 84.5 cm³/mol. The van der Waals surface area contributed by atoms with Gasteiger partial charge in [-0.3, -0.25) is 9.78 Å². The van der Waals surface area contributed by atoms with Crippen LogP contribution in [0.3, 0.4) is 0 Å². The van der Waals surface area contributed by atoms with Crippen molar-refractivity contribution in [2.45, 2.75) is 24.7 Å². The van der Waals surface area contributed by atoms with Crippen molar-refractivity contribution in [3.05, 3.63) is 58.9 Å². The first-order chi connectivity index (χ1) is 9.69. The number of hydrogen-bond donors (Lipinski definition) is 0. The van der Waals surface area contributed by atoms with Crippen molar-refractivity contribution in [1.29, 1.82) is 0 Å². The van der Waals surface area contributed by atoms with Crippen LogP contribution in [0.2, 0.25) is 5.02 Å². The summed E-state index contributed by atoms with van der Waals surface area (Å²) in [5.41, 5.74) is 2.01. The molecule has 0 aliphatic heterocycles. The average Bonchev–Trinajstić information content (AvgIpc) is 2.47. The van der Waals surface area contributed by atoms with Crippen LogP contribution in [0.1, 0.15) is 18.2 Å². The second kappa shape index (κ2) is 7.46. The molecular formula is C16H16ClNOS. The Bertz CT molecular complexity index is 583. The first kappa shape index (κ1) is 15.1. The molecule has 2 rings (SSSR count). The van der Waals surface area contributed by atoms with Crippen LogP contribution in [0.5, 0.6) is 0 Å². The summed E-state index contributed by atoms with van der Waals surface area (Å²) < 4.78 is 0. The smallest absolute Gasteiger partial charge is 0.149 e. The summed E-state index contributed by atoms with van der Waals surface area (Å²) in [6.07, 6.45) is 3.18. The molecule has 0 fully saturated rings. The van der Waals surface area contributed by atoms with Crippen LogP contribution in [0.25, 0.3) is 0 Å². The largest absolute Gasteiger partial charge is 0.298 e. The molecule has 0 unspecified atom stereocenters. The fraction of sp³-hybridized carbons (Fsp3) is 0.250. The van der Waals surface area contributed by atoms with E-state index in [1.165, 1.54) is 17.3 Å². The summed E-state index contributed by atoms with van der Waals surface area (Å²) in [5, 5.41) is 0.690. The number of halogens is 1. The molecule has 1 aromatic heterocycles. The number of hydrogen-bond acceptors (Lipinski definition) is 3. The van der Waals surface area contributed by atoms with Crippen molar-refractivity contribution < 1.29 is 4.79 Å². The molecule has 0 aliphatic rings. The SMILES string of the molecule is CCc1ccc(CC(=O)CSc2ccccc2Cl)nc1. The molecule has 20 heavy (non-hydrogen) atoms. The second-order valence-corrected chi connectivity index (χ2v) is 5.87. The van der Waals surface area contributed by atoms with Crippen LogP contribution in [-0.4, -0.2) is 16.5 Å². The standard InChI is InChI=1S/C16H16ClNOS/c1-2-12-7-8-13(18-10-12)9-14(19)11-20-16-6-4-3-5-15(16)17/h3-8,10H,2,9,11H2,1H3. The molecule has 0 N–H and O–H groups in total. The van der Waals surface area contributed by atoms with Crippen molar-refractivity contribution in [1.82, 2.24) is 4.98 Å². The first-order valence-electron chi connectivity index (χ1n) is 6.52. The van der Waals surface area contributed by atoms with Gasteiger partial charge in [-0.15, -0.1) is 11.8 Å². The fourth-order valence-electron chi connectivity index (χ4n) is 1.74. The van der Waals surface area contributed by atoms with E-state index in [4.69, 9.17) is 11.6 Å². The number of nitrogens with zero attached hydrogens (tertiary/aromatic N) is 1. The Morgan fingerprint density at radius 3 is 2.70 bits per heavy atom. The zero-order valence-corrected chi connectivity index (χ0v) is 12.9. The fourth-order valence-corrected chi connectivity index (χ4v) is 2.84. The third-order valence-electron chi connectivity index (χ3n) is 2.90. The van der Waals surface area contributed by atoms with Crippen molar-refractivity contribution in [2.24, 2.45) is 0 Å². The zero-order valence-electron chi connectivity index (χ0n) is 11.3. The van der Waals surface area contributed by atoms with E-state index in [1.807, 2.05) is 42.6 Å². The number of pyridine rings is 1. The minimum atomic E-state index is 0.159. The number of carbonyl (C=O) groups is 1. The Morgan fingerprint density at radius 2 is 2.05 bits per heavy atom. The van der Waals surface area contributed by atoms with Gasteiger partial charge in [-0.25, -0.2) is 0 Å². The van der Waals surface area contributed by atoms with Gasteiger partial charge in [-0.1, -0.05) is 36.7 Å².